The van der Waals surface area contributed by atoms with Gasteiger partial charge in [-0.1, -0.05) is 41.4 Å². The quantitative estimate of drug-likeness (QED) is 0.106. The molecule has 0 saturated heterocycles. The second kappa shape index (κ2) is 25.2. The zero-order valence-electron chi connectivity index (χ0n) is 43.8. The SMILES string of the molecule is O=C(Nc1c(Br)cc(C(F)(C(F)(F)F)C(F)(F)F)cc1C(F)(F)F)c1cccc(N(CC2CC2)C(=O)c2ccc(Cl)cc2)c1F.O=C(Nc1ccc(C(F)(C(F)(F)F)C(F)(F)F)cc1C(F)(F)F)c1cccc(N(CC2CC2)C(=O)c2ccc(Cl)cc2)c1F. The zero-order chi connectivity index (χ0) is 66.5. The third kappa shape index (κ3) is 14.8. The van der Waals surface area contributed by atoms with Crippen molar-refractivity contribution in [3.8, 4) is 0 Å². The molecule has 0 unspecified atom stereocenters. The molecule has 8 rings (SSSR count). The summed E-state index contributed by atoms with van der Waals surface area (Å²) in [7, 11) is 0. The largest absolute Gasteiger partial charge is 0.435 e. The molecule has 8 nitrogen and oxygen atoms in total. The van der Waals surface area contributed by atoms with E-state index in [9.17, 15) is 107 Å². The van der Waals surface area contributed by atoms with E-state index in [-0.39, 0.29) is 54.3 Å². The summed E-state index contributed by atoms with van der Waals surface area (Å²) < 4.78 is 301. The van der Waals surface area contributed by atoms with Gasteiger partial charge in [-0.25, -0.2) is 17.6 Å². The van der Waals surface area contributed by atoms with Crippen molar-refractivity contribution in [3.05, 3.63) is 186 Å². The van der Waals surface area contributed by atoms with Crippen LogP contribution >= 0.6 is 39.1 Å². The Kier molecular flexibility index (Phi) is 19.6. The van der Waals surface area contributed by atoms with Gasteiger partial charge in [0.1, 0.15) is 0 Å². The minimum Gasteiger partial charge on any atom is -0.321 e. The number of amides is 4. The van der Waals surface area contributed by atoms with E-state index in [0.29, 0.717) is 35.7 Å². The monoisotopic (exact) mass is 1390 g/mol. The van der Waals surface area contributed by atoms with Gasteiger partial charge in [-0.3, -0.25) is 19.2 Å². The number of hydrogen-bond acceptors (Lipinski definition) is 4. The number of nitrogens with zero attached hydrogens (tertiary/aromatic N) is 2. The highest BCUT2D eigenvalue weighted by Gasteiger charge is 2.75. The number of carbonyl (C=O) groups excluding carboxylic acids is 4. The smallest absolute Gasteiger partial charge is 0.321 e. The van der Waals surface area contributed by atoms with Crippen LogP contribution in [0.5, 0.6) is 0 Å². The molecule has 2 aliphatic rings. The van der Waals surface area contributed by atoms with E-state index >= 15 is 8.78 Å². The molecule has 6 aromatic rings. The fraction of sp³-hybridized carbons (Fsp3) is 0.286. The summed E-state index contributed by atoms with van der Waals surface area (Å²) in [5.74, 6) is -7.33. The normalized spacial score (nSPS) is 14.3. The second-order valence-corrected chi connectivity index (χ2v) is 21.6. The standard InChI is InChI=1S/C28H17BrClF11N2O2.C28H18ClF11N2O2/c29-19-11-15(25(32,27(36,37)38)28(39,40)41)10-18(26(33,34)35)22(19)42-23(44)17-2-1-3-20(21(17)31)43(12-13-4-5-13)24(45)14-6-8-16(30)9-7-14;29-17-9-6-15(7-10-17)24(44)42(13-14-4-5-14)21-3-1-2-18(22(21)30)23(43)41-20-11-8-16(12-19(20)26(32,33)34)25(31,27(35,36)37)28(38,39)40/h1-3,6-11,13H,4-5,12H2,(H,42,44);1-3,6-12,14H,4-5,13H2,(H,41,43). The summed E-state index contributed by atoms with van der Waals surface area (Å²) in [5.41, 5.74) is -27.1. The van der Waals surface area contributed by atoms with Crippen LogP contribution in [0, 0.1) is 23.5 Å². The number of hydrogen-bond donors (Lipinski definition) is 2. The number of carbonyl (C=O) groups is 4. The fourth-order valence-corrected chi connectivity index (χ4v) is 9.42. The molecule has 0 spiro atoms. The van der Waals surface area contributed by atoms with Gasteiger partial charge >= 0.3 is 48.4 Å². The Labute approximate surface area is 504 Å². The Morgan fingerprint density at radius 3 is 1.18 bits per heavy atom. The molecule has 6 aromatic carbocycles. The highest BCUT2D eigenvalue weighted by molar-refractivity contribution is 9.10. The average molecular weight is 1400 g/mol. The van der Waals surface area contributed by atoms with E-state index in [1.165, 1.54) is 48.5 Å². The van der Waals surface area contributed by atoms with Gasteiger partial charge in [-0.2, -0.15) is 79.0 Å². The van der Waals surface area contributed by atoms with E-state index in [0.717, 1.165) is 46.2 Å². The van der Waals surface area contributed by atoms with E-state index in [1.807, 2.05) is 0 Å². The molecule has 0 atom stereocenters. The van der Waals surface area contributed by atoms with Crippen molar-refractivity contribution in [1.82, 2.24) is 0 Å². The van der Waals surface area contributed by atoms with Crippen LogP contribution in [0.25, 0.3) is 0 Å². The highest BCUT2D eigenvalue weighted by atomic mass is 79.9. The highest BCUT2D eigenvalue weighted by Crippen LogP contribution is 2.57. The molecule has 0 aliphatic heterocycles. The topological polar surface area (TPSA) is 98.8 Å². The van der Waals surface area contributed by atoms with Crippen molar-refractivity contribution in [2.75, 3.05) is 33.5 Å². The van der Waals surface area contributed by atoms with E-state index in [2.05, 4.69) is 15.9 Å². The molecular weight excluding hydrogens is 1360 g/mol. The molecule has 2 aliphatic carbocycles. The van der Waals surface area contributed by atoms with Crippen molar-refractivity contribution in [2.24, 2.45) is 11.8 Å². The molecule has 0 aromatic heterocycles. The number of alkyl halides is 20. The van der Waals surface area contributed by atoms with Crippen molar-refractivity contribution in [3.63, 3.8) is 0 Å². The maximum absolute atomic E-state index is 15.8. The second-order valence-electron chi connectivity index (χ2n) is 19.9. The predicted molar refractivity (Wildman–Crippen MR) is 281 cm³/mol. The average Bonchev–Trinajstić information content (AvgIpc) is 1.61. The first-order valence-electron chi connectivity index (χ1n) is 25.0. The third-order valence-corrected chi connectivity index (χ3v) is 14.7. The maximum Gasteiger partial charge on any atom is 0.435 e. The summed E-state index contributed by atoms with van der Waals surface area (Å²) in [4.78, 5) is 54.6. The molecule has 2 N–H and O–H groups in total. The van der Waals surface area contributed by atoms with Gasteiger partial charge in [-0.15, -0.1) is 0 Å². The fourth-order valence-electron chi connectivity index (χ4n) is 8.61. The Hall–Kier alpha value is -7.28. The Bertz CT molecular complexity index is 3630. The lowest BCUT2D eigenvalue weighted by atomic mass is 9.92. The van der Waals surface area contributed by atoms with Crippen LogP contribution in [-0.2, 0) is 23.7 Å². The third-order valence-electron chi connectivity index (χ3n) is 13.5. The van der Waals surface area contributed by atoms with Crippen LogP contribution in [0.2, 0.25) is 10.0 Å². The lowest BCUT2D eigenvalue weighted by Gasteiger charge is -2.31. The van der Waals surface area contributed by atoms with Crippen LogP contribution in [0.15, 0.2) is 120 Å². The lowest BCUT2D eigenvalue weighted by Crippen LogP contribution is -2.50. The van der Waals surface area contributed by atoms with Crippen LogP contribution in [0.1, 0.15) is 89.4 Å². The Balaban J connectivity index is 0.000000254. The summed E-state index contributed by atoms with van der Waals surface area (Å²) >= 11 is 14.1. The number of nitrogens with one attached hydrogen (secondary N) is 2. The minimum absolute atomic E-state index is 0.00686. The van der Waals surface area contributed by atoms with Crippen LogP contribution < -0.4 is 20.4 Å². The van der Waals surface area contributed by atoms with Gasteiger partial charge < -0.3 is 20.4 Å². The van der Waals surface area contributed by atoms with Gasteiger partial charge in [-0.05, 0) is 151 Å². The van der Waals surface area contributed by atoms with Crippen LogP contribution in [-0.4, -0.2) is 61.4 Å². The van der Waals surface area contributed by atoms with Crippen molar-refractivity contribution >= 4 is 85.5 Å². The molecule has 89 heavy (non-hydrogen) atoms. The zero-order valence-corrected chi connectivity index (χ0v) is 46.9. The first-order valence-corrected chi connectivity index (χ1v) is 26.6. The van der Waals surface area contributed by atoms with Gasteiger partial charge in [0.05, 0.1) is 45.0 Å². The van der Waals surface area contributed by atoms with E-state index in [4.69, 9.17) is 23.2 Å². The van der Waals surface area contributed by atoms with Gasteiger partial charge in [0.25, 0.3) is 23.6 Å². The molecule has 2 saturated carbocycles. The molecule has 2 fully saturated rings. The molecule has 478 valence electrons. The first kappa shape index (κ1) is 69.2. The number of benzene rings is 6. The molecule has 33 heteroatoms. The number of anilines is 4. The Morgan fingerprint density at radius 1 is 0.461 bits per heavy atom. The number of rotatable bonds is 14. The summed E-state index contributed by atoms with van der Waals surface area (Å²) in [6.45, 7) is 0.0323. The lowest BCUT2D eigenvalue weighted by molar-refractivity contribution is -0.349. The Morgan fingerprint density at radius 2 is 0.820 bits per heavy atom. The minimum atomic E-state index is -6.72. The van der Waals surface area contributed by atoms with Gasteiger partial charge in [0.2, 0.25) is 0 Å². The van der Waals surface area contributed by atoms with Crippen molar-refractivity contribution < 1.29 is 116 Å². The first-order chi connectivity index (χ1) is 40.9. The number of halogens is 25. The van der Waals surface area contributed by atoms with E-state index < -0.39 is 156 Å². The van der Waals surface area contributed by atoms with Gasteiger partial charge in [0, 0.05) is 49.9 Å². The van der Waals surface area contributed by atoms with Crippen molar-refractivity contribution in [2.45, 2.75) is 74.1 Å². The molecule has 0 bridgehead atoms. The van der Waals surface area contributed by atoms with E-state index in [1.54, 1.807) is 10.6 Å². The predicted octanol–water partition coefficient (Wildman–Crippen LogP) is 19.0. The maximum atomic E-state index is 15.8. The van der Waals surface area contributed by atoms with Crippen LogP contribution in [0.3, 0.4) is 0 Å². The van der Waals surface area contributed by atoms with Gasteiger partial charge in [0.15, 0.2) is 11.6 Å². The van der Waals surface area contributed by atoms with Crippen LogP contribution in [0.4, 0.5) is 119 Å². The molecule has 4 amide bonds. The van der Waals surface area contributed by atoms with Crippen molar-refractivity contribution in [1.29, 1.82) is 0 Å². The molecular formula is C56H35BrCl2F22N4O4. The summed E-state index contributed by atoms with van der Waals surface area (Å²) in [6, 6.07) is 15.3. The summed E-state index contributed by atoms with van der Waals surface area (Å²) in [6.07, 6.45) is -35.4. The molecule has 0 radical (unpaired) electrons. The molecule has 0 heterocycles. The summed E-state index contributed by atoms with van der Waals surface area (Å²) in [5, 5.41) is 3.86.